The summed E-state index contributed by atoms with van der Waals surface area (Å²) in [6.07, 6.45) is 12.7. The van der Waals surface area contributed by atoms with E-state index < -0.39 is 15.8 Å². The van der Waals surface area contributed by atoms with E-state index in [4.69, 9.17) is 27.6 Å². The predicted octanol–water partition coefficient (Wildman–Crippen LogP) is 7.43. The highest BCUT2D eigenvalue weighted by Gasteiger charge is 2.44. The number of aryl methyl sites for hydroxylation is 1. The zero-order valence-electron chi connectivity index (χ0n) is 27.8. The first-order valence-electron chi connectivity index (χ1n) is 16.9. The summed E-state index contributed by atoms with van der Waals surface area (Å²) in [5.74, 6) is 1.05. The van der Waals surface area contributed by atoms with E-state index >= 15 is 0 Å². The summed E-state index contributed by atoms with van der Waals surface area (Å²) in [5, 5.41) is 0.744. The van der Waals surface area contributed by atoms with Crippen molar-refractivity contribution in [3.63, 3.8) is 0 Å². The number of nitrogens with one attached hydrogen (secondary N) is 1. The molecule has 1 N–H and O–H groups in total. The number of allylic oxidation sites excluding steroid dienone is 1. The molecule has 3 heterocycles. The highest BCUT2D eigenvalue weighted by Crippen LogP contribution is 2.47. The Morgan fingerprint density at radius 2 is 2.08 bits per heavy atom. The molecule has 2 aliphatic carbocycles. The van der Waals surface area contributed by atoms with Crippen LogP contribution in [0.3, 0.4) is 0 Å². The molecule has 1 spiro atoms. The van der Waals surface area contributed by atoms with Crippen LogP contribution in [-0.4, -0.2) is 58.7 Å². The number of ether oxygens (including phenoxy) is 2. The third kappa shape index (κ3) is 6.91. The summed E-state index contributed by atoms with van der Waals surface area (Å²) in [6.45, 7) is 11.3. The van der Waals surface area contributed by atoms with Gasteiger partial charge in [0.05, 0.1) is 36.5 Å². The van der Waals surface area contributed by atoms with Crippen LogP contribution in [-0.2, 0) is 26.5 Å². The van der Waals surface area contributed by atoms with E-state index in [0.717, 1.165) is 55.9 Å². The number of rotatable bonds is 3. The van der Waals surface area contributed by atoms with Gasteiger partial charge in [0.15, 0.2) is 0 Å². The summed E-state index contributed by atoms with van der Waals surface area (Å²) >= 11 is 6.45. The van der Waals surface area contributed by atoms with Crippen LogP contribution in [0.5, 0.6) is 5.75 Å². The molecular formula is C37H41ClN6O4S. The average Bonchev–Trinajstić information content (AvgIpc) is 3.22. The van der Waals surface area contributed by atoms with Crippen LogP contribution in [0.2, 0.25) is 5.02 Å². The Kier molecular flexibility index (Phi) is 9.39. The van der Waals surface area contributed by atoms with Gasteiger partial charge in [-0.05, 0) is 97.7 Å². The van der Waals surface area contributed by atoms with Gasteiger partial charge in [-0.25, -0.2) is 4.21 Å². The number of fused-ring (bicyclic) bond motifs is 4. The third-order valence-electron chi connectivity index (χ3n) is 10.5. The lowest BCUT2D eigenvalue weighted by molar-refractivity contribution is 0.0131. The lowest BCUT2D eigenvalue weighted by Crippen LogP contribution is -2.49. The van der Waals surface area contributed by atoms with Gasteiger partial charge >= 0.3 is 0 Å². The Balaban J connectivity index is 1.32. The molecular weight excluding hydrogens is 660 g/mol. The van der Waals surface area contributed by atoms with Crippen molar-refractivity contribution in [1.82, 2.24) is 9.97 Å². The lowest BCUT2D eigenvalue weighted by Gasteiger charge is -2.46. The quantitative estimate of drug-likeness (QED) is 0.224. The van der Waals surface area contributed by atoms with E-state index in [-0.39, 0.29) is 34.8 Å². The van der Waals surface area contributed by atoms with Crippen LogP contribution >= 0.6 is 11.6 Å². The second-order valence-electron chi connectivity index (χ2n) is 13.9. The van der Waals surface area contributed by atoms with Gasteiger partial charge in [0.2, 0.25) is 0 Å². The van der Waals surface area contributed by atoms with Gasteiger partial charge in [-0.1, -0.05) is 48.3 Å². The van der Waals surface area contributed by atoms with Crippen molar-refractivity contribution < 1.29 is 18.5 Å². The smallest absolute Gasteiger partial charge is 0.290 e. The van der Waals surface area contributed by atoms with Gasteiger partial charge in [-0.3, -0.25) is 14.5 Å². The first kappa shape index (κ1) is 33.5. The number of anilines is 2. The fourth-order valence-corrected chi connectivity index (χ4v) is 10.1. The number of carbonyl (C=O) groups excluding carboxylic acids is 1. The van der Waals surface area contributed by atoms with Gasteiger partial charge in [-0.2, -0.15) is 0 Å². The number of hydrogen-bond acceptors (Lipinski definition) is 7. The second-order valence-corrected chi connectivity index (χ2v) is 16.4. The maximum Gasteiger partial charge on any atom is 0.290 e. The minimum atomic E-state index is -3.37. The van der Waals surface area contributed by atoms with Crippen LogP contribution < -0.4 is 14.4 Å². The molecule has 4 aliphatic rings. The number of nitrogens with zero attached hydrogens (tertiary/aromatic N) is 5. The van der Waals surface area contributed by atoms with E-state index in [1.807, 2.05) is 25.1 Å². The summed E-state index contributed by atoms with van der Waals surface area (Å²) < 4.78 is 34.4. The monoisotopic (exact) mass is 700 g/mol. The van der Waals surface area contributed by atoms with E-state index in [9.17, 15) is 9.00 Å². The van der Waals surface area contributed by atoms with E-state index in [1.165, 1.54) is 23.5 Å². The number of benzene rings is 2. The van der Waals surface area contributed by atoms with Gasteiger partial charge in [-0.15, -0.1) is 4.36 Å². The molecule has 0 radical (unpaired) electrons. The van der Waals surface area contributed by atoms with Crippen molar-refractivity contribution in [2.24, 2.45) is 22.1 Å². The number of methoxy groups -OCH3 is 1. The normalized spacial score (nSPS) is 30.3. The van der Waals surface area contributed by atoms with E-state index in [1.54, 1.807) is 13.2 Å². The molecule has 256 valence electrons. The van der Waals surface area contributed by atoms with Crippen LogP contribution in [0.25, 0.3) is 4.85 Å². The highest BCUT2D eigenvalue weighted by molar-refractivity contribution is 7.95. The third-order valence-corrected chi connectivity index (χ3v) is 12.8. The summed E-state index contributed by atoms with van der Waals surface area (Å²) in [5.41, 5.74) is 3.47. The number of hydrogen-bond donors (Lipinski definition) is 1. The number of aromatic nitrogens is 2. The first-order chi connectivity index (χ1) is 23.7. The molecule has 10 nitrogen and oxygen atoms in total. The first-order valence-corrected chi connectivity index (χ1v) is 19.0. The van der Waals surface area contributed by atoms with Crippen LogP contribution in [0.1, 0.15) is 60.5 Å². The largest absolute Gasteiger partial charge is 0.490 e. The van der Waals surface area contributed by atoms with Crippen LogP contribution in [0.4, 0.5) is 17.3 Å². The Bertz CT molecular complexity index is 1950. The van der Waals surface area contributed by atoms with Crippen molar-refractivity contribution in [3.05, 3.63) is 94.1 Å². The average molecular weight is 701 g/mol. The Labute approximate surface area is 293 Å². The van der Waals surface area contributed by atoms with E-state index in [0.29, 0.717) is 36.2 Å². The molecule has 12 heteroatoms. The minimum Gasteiger partial charge on any atom is -0.490 e. The number of halogens is 1. The molecule has 3 aromatic rings. The topological polar surface area (TPSA) is 110 Å². The van der Waals surface area contributed by atoms with Gasteiger partial charge in [0, 0.05) is 36.2 Å². The van der Waals surface area contributed by atoms with Crippen molar-refractivity contribution >= 4 is 44.7 Å². The molecule has 2 bridgehead atoms. The Morgan fingerprint density at radius 3 is 2.88 bits per heavy atom. The maximum absolute atomic E-state index is 14.5. The molecule has 6 atom stereocenters. The predicted molar refractivity (Wildman–Crippen MR) is 192 cm³/mol. The maximum atomic E-state index is 14.5. The van der Waals surface area contributed by atoms with Crippen molar-refractivity contribution in [2.75, 3.05) is 42.2 Å². The van der Waals surface area contributed by atoms with Gasteiger partial charge in [0.25, 0.3) is 17.5 Å². The molecule has 1 aromatic heterocycles. The molecule has 7 rings (SSSR count). The van der Waals surface area contributed by atoms with E-state index in [2.05, 4.69) is 53.1 Å². The Morgan fingerprint density at radius 1 is 1.20 bits per heavy atom. The van der Waals surface area contributed by atoms with Crippen molar-refractivity contribution in [2.45, 2.75) is 57.0 Å². The van der Waals surface area contributed by atoms with Gasteiger partial charge < -0.3 is 19.2 Å². The lowest BCUT2D eigenvalue weighted by atomic mass is 9.68. The SMILES string of the molecule is [C-]#[N+]c1cncc(NS2(=O)=NC(=O)c3ccc4c(c3)N(C[C@@H]3CC[C@H]3[C@@H](OC)/C=C/C[C@H](C)C2)C[C@@]2(CCCc3cc(Cl)ccc32)CO4)n1. The van der Waals surface area contributed by atoms with Crippen LogP contribution in [0, 0.1) is 24.3 Å². The molecule has 2 aliphatic heterocycles. The van der Waals surface area contributed by atoms with Crippen LogP contribution in [0.15, 0.2) is 65.3 Å². The fourth-order valence-electron chi connectivity index (χ4n) is 7.99. The molecule has 0 saturated heterocycles. The van der Waals surface area contributed by atoms with Crippen molar-refractivity contribution in [3.8, 4) is 5.75 Å². The molecule has 2 aromatic carbocycles. The second kappa shape index (κ2) is 13.7. The molecule has 1 fully saturated rings. The summed E-state index contributed by atoms with van der Waals surface area (Å²) in [7, 11) is -1.60. The summed E-state index contributed by atoms with van der Waals surface area (Å²) in [4.78, 5) is 27.9. The minimum absolute atomic E-state index is 0.0419. The molecule has 1 saturated carbocycles. The zero-order valence-corrected chi connectivity index (χ0v) is 29.4. The Hall–Kier alpha value is -3.98. The van der Waals surface area contributed by atoms with Gasteiger partial charge in [0.1, 0.15) is 15.7 Å². The highest BCUT2D eigenvalue weighted by atomic mass is 35.5. The number of carbonyl (C=O) groups is 1. The summed E-state index contributed by atoms with van der Waals surface area (Å²) in [6, 6.07) is 11.6. The molecule has 49 heavy (non-hydrogen) atoms. The molecule has 1 unspecified atom stereocenters. The van der Waals surface area contributed by atoms with Crippen molar-refractivity contribution in [1.29, 1.82) is 0 Å². The number of amides is 1. The zero-order chi connectivity index (χ0) is 34.2. The molecule has 1 amide bonds. The standard InChI is InChI=1S/C37H41ClN6O4S/c1-24-6-4-8-32(47-3)29-12-9-27(29)20-44-22-37(15-5-7-25-16-28(38)11-13-30(25)37)23-48-33-14-10-26(17-31(33)44)36(45)43-49(46,21-24)42-35-19-40-18-34(39-2)41-35/h4,8,10-11,13-14,16-19,24,27,29,32H,5-7,9,12,15,20-23H2,1,3H3,(H,41,42,43,45,46)/b8-4+/t24-,27-,29+,32-,37-,49?/m0/s1. The fraction of sp³-hybridized carbons (Fsp3) is 0.459.